The van der Waals surface area contributed by atoms with Crippen molar-refractivity contribution in [1.29, 1.82) is 0 Å². The van der Waals surface area contributed by atoms with Crippen molar-refractivity contribution >= 4 is 27.5 Å². The molecule has 0 aliphatic carbocycles. The SMILES string of the molecule is O=C(c1ccccc1F)N1CCN(S(=O)(=O)c2cc3c4c(c2)CCC(=O)N4CCC3)CC1. The number of anilines is 1. The van der Waals surface area contributed by atoms with E-state index in [1.807, 2.05) is 0 Å². The molecule has 3 heterocycles. The molecule has 9 heteroatoms. The van der Waals surface area contributed by atoms with Gasteiger partial charge in [0.25, 0.3) is 5.91 Å². The molecule has 0 atom stereocenters. The van der Waals surface area contributed by atoms with Gasteiger partial charge >= 0.3 is 0 Å². The smallest absolute Gasteiger partial charge is 0.256 e. The van der Waals surface area contributed by atoms with Crippen molar-refractivity contribution in [2.45, 2.75) is 30.6 Å². The number of amides is 2. The first kappa shape index (κ1) is 21.1. The monoisotopic (exact) mass is 457 g/mol. The highest BCUT2D eigenvalue weighted by Gasteiger charge is 2.35. The van der Waals surface area contributed by atoms with Crippen LogP contribution in [-0.2, 0) is 27.7 Å². The molecule has 2 amide bonds. The van der Waals surface area contributed by atoms with E-state index in [1.165, 1.54) is 27.4 Å². The number of carbonyl (C=O) groups is 2. The lowest BCUT2D eigenvalue weighted by molar-refractivity contribution is -0.119. The van der Waals surface area contributed by atoms with E-state index in [2.05, 4.69) is 0 Å². The molecule has 0 N–H and O–H groups in total. The Balaban J connectivity index is 1.36. The van der Waals surface area contributed by atoms with Crippen LogP contribution in [0, 0.1) is 5.82 Å². The third-order valence-electron chi connectivity index (χ3n) is 6.52. The van der Waals surface area contributed by atoms with Crippen molar-refractivity contribution < 1.29 is 22.4 Å². The van der Waals surface area contributed by atoms with Crippen LogP contribution in [0.2, 0.25) is 0 Å². The molecule has 3 aliphatic rings. The van der Waals surface area contributed by atoms with E-state index in [-0.39, 0.29) is 42.5 Å². The first-order valence-corrected chi connectivity index (χ1v) is 12.3. The van der Waals surface area contributed by atoms with Gasteiger partial charge in [-0.05, 0) is 54.7 Å². The molecule has 7 nitrogen and oxygen atoms in total. The zero-order chi connectivity index (χ0) is 22.5. The molecule has 2 aromatic carbocycles. The summed E-state index contributed by atoms with van der Waals surface area (Å²) in [6.07, 6.45) is 2.51. The number of halogens is 1. The summed E-state index contributed by atoms with van der Waals surface area (Å²) in [5, 5.41) is 0. The number of carbonyl (C=O) groups excluding carboxylic acids is 2. The van der Waals surface area contributed by atoms with Crippen LogP contribution in [0.4, 0.5) is 10.1 Å². The van der Waals surface area contributed by atoms with E-state index in [9.17, 15) is 22.4 Å². The molecule has 1 saturated heterocycles. The van der Waals surface area contributed by atoms with Gasteiger partial charge in [0.2, 0.25) is 15.9 Å². The van der Waals surface area contributed by atoms with Gasteiger partial charge in [0.15, 0.2) is 0 Å². The third-order valence-corrected chi connectivity index (χ3v) is 8.39. The third kappa shape index (κ3) is 3.49. The molecule has 0 aromatic heterocycles. The van der Waals surface area contributed by atoms with Gasteiger partial charge in [-0.2, -0.15) is 4.31 Å². The van der Waals surface area contributed by atoms with Crippen molar-refractivity contribution in [3.8, 4) is 0 Å². The van der Waals surface area contributed by atoms with Crippen LogP contribution in [-0.4, -0.2) is 62.2 Å². The van der Waals surface area contributed by atoms with Crippen molar-refractivity contribution in [1.82, 2.24) is 9.21 Å². The van der Waals surface area contributed by atoms with E-state index in [0.717, 1.165) is 29.7 Å². The van der Waals surface area contributed by atoms with Gasteiger partial charge in [0.05, 0.1) is 16.1 Å². The Morgan fingerprint density at radius 2 is 1.59 bits per heavy atom. The van der Waals surface area contributed by atoms with Crippen molar-refractivity contribution in [2.24, 2.45) is 0 Å². The van der Waals surface area contributed by atoms with Crippen molar-refractivity contribution in [3.63, 3.8) is 0 Å². The zero-order valence-corrected chi connectivity index (χ0v) is 18.4. The number of aryl methyl sites for hydroxylation is 2. The van der Waals surface area contributed by atoms with Gasteiger partial charge in [0.1, 0.15) is 5.82 Å². The van der Waals surface area contributed by atoms with E-state index >= 15 is 0 Å². The number of hydrogen-bond acceptors (Lipinski definition) is 4. The summed E-state index contributed by atoms with van der Waals surface area (Å²) in [5.74, 6) is -0.907. The van der Waals surface area contributed by atoms with Crippen LogP contribution >= 0.6 is 0 Å². The Kier molecular flexibility index (Phi) is 5.25. The average molecular weight is 458 g/mol. The lowest BCUT2D eigenvalue weighted by atomic mass is 9.92. The van der Waals surface area contributed by atoms with Crippen molar-refractivity contribution in [3.05, 3.63) is 58.9 Å². The molecular formula is C23H24FN3O4S. The second kappa shape index (κ2) is 7.97. The molecule has 1 fully saturated rings. The summed E-state index contributed by atoms with van der Waals surface area (Å²) in [4.78, 5) is 28.4. The Morgan fingerprint density at radius 1 is 0.906 bits per heavy atom. The largest absolute Gasteiger partial charge is 0.336 e. The highest BCUT2D eigenvalue weighted by molar-refractivity contribution is 7.89. The van der Waals surface area contributed by atoms with Gasteiger partial charge in [-0.15, -0.1) is 0 Å². The summed E-state index contributed by atoms with van der Waals surface area (Å²) in [7, 11) is -3.74. The number of piperazine rings is 1. The second-order valence-corrected chi connectivity index (χ2v) is 10.4. The Hall–Kier alpha value is -2.78. The maximum absolute atomic E-state index is 14.0. The Labute approximate surface area is 186 Å². The minimum atomic E-state index is -3.74. The molecule has 32 heavy (non-hydrogen) atoms. The number of rotatable bonds is 3. The number of sulfonamides is 1. The zero-order valence-electron chi connectivity index (χ0n) is 17.6. The van der Waals surface area contributed by atoms with Crippen LogP contribution < -0.4 is 4.90 Å². The van der Waals surface area contributed by atoms with Crippen LogP contribution in [0.15, 0.2) is 41.3 Å². The van der Waals surface area contributed by atoms with Crippen molar-refractivity contribution in [2.75, 3.05) is 37.6 Å². The normalized spacial score (nSPS) is 19.1. The molecule has 0 radical (unpaired) electrons. The summed E-state index contributed by atoms with van der Waals surface area (Å²) < 4.78 is 42.1. The van der Waals surface area contributed by atoms with E-state index in [4.69, 9.17) is 0 Å². The molecule has 3 aliphatic heterocycles. The first-order chi connectivity index (χ1) is 15.4. The van der Waals surface area contributed by atoms with Gasteiger partial charge < -0.3 is 9.80 Å². The first-order valence-electron chi connectivity index (χ1n) is 10.9. The maximum Gasteiger partial charge on any atom is 0.256 e. The average Bonchev–Trinajstić information content (AvgIpc) is 2.81. The predicted octanol–water partition coefficient (Wildman–Crippen LogP) is 2.20. The van der Waals surface area contributed by atoms with E-state index in [0.29, 0.717) is 19.4 Å². The number of nitrogens with zero attached hydrogens (tertiary/aromatic N) is 3. The maximum atomic E-state index is 14.0. The molecule has 0 spiro atoms. The lowest BCUT2D eigenvalue weighted by Gasteiger charge is -2.37. The highest BCUT2D eigenvalue weighted by atomic mass is 32.2. The highest BCUT2D eigenvalue weighted by Crippen LogP contribution is 2.38. The predicted molar refractivity (Wildman–Crippen MR) is 116 cm³/mol. The molecule has 2 aromatic rings. The van der Waals surface area contributed by atoms with Gasteiger partial charge in [0, 0.05) is 39.1 Å². The summed E-state index contributed by atoms with van der Waals surface area (Å²) in [6, 6.07) is 9.22. The lowest BCUT2D eigenvalue weighted by Crippen LogP contribution is -2.50. The van der Waals surface area contributed by atoms with Crippen LogP contribution in [0.1, 0.15) is 34.3 Å². The van der Waals surface area contributed by atoms with Gasteiger partial charge in [-0.3, -0.25) is 9.59 Å². The van der Waals surface area contributed by atoms with Crippen LogP contribution in [0.5, 0.6) is 0 Å². The minimum Gasteiger partial charge on any atom is -0.336 e. The molecule has 168 valence electrons. The van der Waals surface area contributed by atoms with Gasteiger partial charge in [-0.25, -0.2) is 12.8 Å². The fourth-order valence-electron chi connectivity index (χ4n) is 4.86. The molecule has 0 bridgehead atoms. The number of hydrogen-bond donors (Lipinski definition) is 0. The molecule has 5 rings (SSSR count). The fourth-order valence-corrected chi connectivity index (χ4v) is 6.38. The number of benzene rings is 2. The second-order valence-electron chi connectivity index (χ2n) is 8.42. The Bertz CT molecular complexity index is 1190. The molecular weight excluding hydrogens is 433 g/mol. The minimum absolute atomic E-state index is 0.00306. The Morgan fingerprint density at radius 3 is 2.31 bits per heavy atom. The standard InChI is InChI=1S/C23H24FN3O4S/c24-20-6-2-1-5-19(20)23(29)25-10-12-26(13-11-25)32(30,31)18-14-16-4-3-9-27-21(28)8-7-17(15-18)22(16)27/h1-2,5-6,14-15H,3-4,7-13H2. The van der Waals surface area contributed by atoms with Gasteiger partial charge in [-0.1, -0.05) is 12.1 Å². The molecule has 0 unspecified atom stereocenters. The fraction of sp³-hybridized carbons (Fsp3) is 0.391. The summed E-state index contributed by atoms with van der Waals surface area (Å²) >= 11 is 0. The topological polar surface area (TPSA) is 78.0 Å². The molecule has 0 saturated carbocycles. The van der Waals surface area contributed by atoms with Crippen LogP contribution in [0.3, 0.4) is 0 Å². The quantitative estimate of drug-likeness (QED) is 0.708. The van der Waals surface area contributed by atoms with E-state index in [1.54, 1.807) is 23.1 Å². The van der Waals surface area contributed by atoms with E-state index < -0.39 is 21.7 Å². The van der Waals surface area contributed by atoms with Crippen LogP contribution in [0.25, 0.3) is 0 Å². The summed E-state index contributed by atoms with van der Waals surface area (Å²) in [5.41, 5.74) is 2.71. The summed E-state index contributed by atoms with van der Waals surface area (Å²) in [6.45, 7) is 1.39.